The maximum Gasteiger partial charge on any atom is 0.119 e. The Kier molecular flexibility index (Phi) is 4.38. The second-order valence-electron chi connectivity index (χ2n) is 6.03. The van der Waals surface area contributed by atoms with Crippen LogP contribution in [0.4, 0.5) is 0 Å². The standard InChI is InChI=1S/C22H20N2O/c1-2-6-17(7-3-1)16-25-19-12-10-18(11-13-19)22(20-8-4-14-23-20)21-9-5-15-24-21/h1-15,22-24H,16H2. The van der Waals surface area contributed by atoms with E-state index >= 15 is 0 Å². The van der Waals surface area contributed by atoms with Crippen molar-refractivity contribution < 1.29 is 4.74 Å². The number of aromatic amines is 2. The van der Waals surface area contributed by atoms with Crippen LogP contribution in [0, 0.1) is 0 Å². The van der Waals surface area contributed by atoms with Gasteiger partial charge in [-0.2, -0.15) is 0 Å². The van der Waals surface area contributed by atoms with Crippen molar-refractivity contribution in [3.05, 3.63) is 114 Å². The van der Waals surface area contributed by atoms with Crippen molar-refractivity contribution >= 4 is 0 Å². The van der Waals surface area contributed by atoms with Crippen molar-refractivity contribution in [2.75, 3.05) is 0 Å². The van der Waals surface area contributed by atoms with Crippen LogP contribution in [-0.2, 0) is 6.61 Å². The highest BCUT2D eigenvalue weighted by Crippen LogP contribution is 2.31. The minimum Gasteiger partial charge on any atom is -0.489 e. The van der Waals surface area contributed by atoms with E-state index in [9.17, 15) is 0 Å². The SMILES string of the molecule is c1ccc(COc2ccc(C(c3ccc[nH]3)c3ccc[nH]3)cc2)cc1. The quantitative estimate of drug-likeness (QED) is 0.508. The molecular weight excluding hydrogens is 308 g/mol. The average Bonchev–Trinajstić information content (AvgIpc) is 3.37. The average molecular weight is 328 g/mol. The number of nitrogens with one attached hydrogen (secondary N) is 2. The summed E-state index contributed by atoms with van der Waals surface area (Å²) < 4.78 is 5.89. The van der Waals surface area contributed by atoms with Gasteiger partial charge in [-0.05, 0) is 47.5 Å². The molecule has 0 fully saturated rings. The zero-order valence-electron chi connectivity index (χ0n) is 13.9. The molecule has 0 saturated heterocycles. The van der Waals surface area contributed by atoms with E-state index in [1.807, 2.05) is 54.9 Å². The van der Waals surface area contributed by atoms with Crippen LogP contribution in [0.1, 0.15) is 28.4 Å². The number of hydrogen-bond acceptors (Lipinski definition) is 1. The third-order valence-electron chi connectivity index (χ3n) is 4.33. The molecule has 2 aromatic heterocycles. The van der Waals surface area contributed by atoms with Gasteiger partial charge in [-0.15, -0.1) is 0 Å². The van der Waals surface area contributed by atoms with Crippen LogP contribution >= 0.6 is 0 Å². The van der Waals surface area contributed by atoms with Crippen molar-refractivity contribution in [2.24, 2.45) is 0 Å². The molecule has 25 heavy (non-hydrogen) atoms. The maximum atomic E-state index is 5.89. The molecule has 124 valence electrons. The first kappa shape index (κ1) is 15.3. The van der Waals surface area contributed by atoms with Gasteiger partial charge in [-0.25, -0.2) is 0 Å². The fraction of sp³-hybridized carbons (Fsp3) is 0.0909. The molecule has 2 heterocycles. The molecule has 0 atom stereocenters. The van der Waals surface area contributed by atoms with Crippen LogP contribution in [0.2, 0.25) is 0 Å². The molecule has 0 saturated carbocycles. The van der Waals surface area contributed by atoms with Crippen molar-refractivity contribution in [1.82, 2.24) is 9.97 Å². The van der Waals surface area contributed by atoms with Gasteiger partial charge in [0.15, 0.2) is 0 Å². The van der Waals surface area contributed by atoms with Crippen molar-refractivity contribution in [3.8, 4) is 5.75 Å². The van der Waals surface area contributed by atoms with Crippen LogP contribution in [0.15, 0.2) is 91.3 Å². The number of ether oxygens (including phenoxy) is 1. The Morgan fingerprint density at radius 3 is 1.88 bits per heavy atom. The van der Waals surface area contributed by atoms with Gasteiger partial charge in [0.05, 0.1) is 5.92 Å². The van der Waals surface area contributed by atoms with E-state index in [-0.39, 0.29) is 5.92 Å². The second kappa shape index (κ2) is 7.14. The summed E-state index contributed by atoms with van der Waals surface area (Å²) in [6, 6.07) is 26.8. The Bertz CT molecular complexity index is 845. The number of hydrogen-bond donors (Lipinski definition) is 2. The van der Waals surface area contributed by atoms with Gasteiger partial charge in [0.2, 0.25) is 0 Å². The Hall–Kier alpha value is -3.20. The first-order chi connectivity index (χ1) is 12.4. The van der Waals surface area contributed by atoms with Gasteiger partial charge < -0.3 is 14.7 Å². The lowest BCUT2D eigenvalue weighted by Gasteiger charge is -2.16. The number of aromatic nitrogens is 2. The number of benzene rings is 2. The van der Waals surface area contributed by atoms with E-state index in [2.05, 4.69) is 46.4 Å². The zero-order valence-corrected chi connectivity index (χ0v) is 13.9. The topological polar surface area (TPSA) is 40.8 Å². The van der Waals surface area contributed by atoms with E-state index in [1.54, 1.807) is 0 Å². The molecule has 0 aliphatic rings. The highest BCUT2D eigenvalue weighted by molar-refractivity contribution is 5.40. The lowest BCUT2D eigenvalue weighted by atomic mass is 9.92. The summed E-state index contributed by atoms with van der Waals surface area (Å²) in [6.45, 7) is 0.580. The van der Waals surface area contributed by atoms with Crippen LogP contribution in [0.5, 0.6) is 5.75 Å². The zero-order chi connectivity index (χ0) is 16.9. The molecule has 0 unspecified atom stereocenters. The highest BCUT2D eigenvalue weighted by atomic mass is 16.5. The van der Waals surface area contributed by atoms with Gasteiger partial charge in [-0.3, -0.25) is 0 Å². The van der Waals surface area contributed by atoms with Crippen molar-refractivity contribution in [3.63, 3.8) is 0 Å². The summed E-state index contributed by atoms with van der Waals surface area (Å²) in [6.07, 6.45) is 3.92. The molecule has 0 spiro atoms. The summed E-state index contributed by atoms with van der Waals surface area (Å²) in [5, 5.41) is 0. The molecular formula is C22H20N2O. The fourth-order valence-corrected chi connectivity index (χ4v) is 3.07. The third kappa shape index (κ3) is 3.50. The first-order valence-corrected chi connectivity index (χ1v) is 8.43. The van der Waals surface area contributed by atoms with Crippen molar-refractivity contribution in [2.45, 2.75) is 12.5 Å². The second-order valence-corrected chi connectivity index (χ2v) is 6.03. The van der Waals surface area contributed by atoms with Crippen LogP contribution in [0.3, 0.4) is 0 Å². The lowest BCUT2D eigenvalue weighted by Crippen LogP contribution is -2.04. The van der Waals surface area contributed by atoms with Gasteiger partial charge in [0, 0.05) is 23.8 Å². The third-order valence-corrected chi connectivity index (χ3v) is 4.33. The summed E-state index contributed by atoms with van der Waals surface area (Å²) in [7, 11) is 0. The Morgan fingerprint density at radius 2 is 1.32 bits per heavy atom. The summed E-state index contributed by atoms with van der Waals surface area (Å²) in [5.74, 6) is 1.04. The minimum absolute atomic E-state index is 0.160. The predicted octanol–water partition coefficient (Wildman–Crippen LogP) is 5.10. The monoisotopic (exact) mass is 328 g/mol. The Balaban J connectivity index is 1.54. The molecule has 0 amide bonds. The van der Waals surface area contributed by atoms with Gasteiger partial charge in [0.25, 0.3) is 0 Å². The number of H-pyrrole nitrogens is 2. The maximum absolute atomic E-state index is 5.89. The van der Waals surface area contributed by atoms with Crippen molar-refractivity contribution in [1.29, 1.82) is 0 Å². The van der Waals surface area contributed by atoms with E-state index in [0.717, 1.165) is 5.75 Å². The van der Waals surface area contributed by atoms with E-state index in [1.165, 1.54) is 22.5 Å². The molecule has 4 aromatic rings. The summed E-state index contributed by atoms with van der Waals surface area (Å²) >= 11 is 0. The smallest absolute Gasteiger partial charge is 0.119 e. The van der Waals surface area contributed by atoms with Crippen LogP contribution in [-0.4, -0.2) is 9.97 Å². The molecule has 2 aromatic carbocycles. The molecule has 3 nitrogen and oxygen atoms in total. The minimum atomic E-state index is 0.160. The largest absolute Gasteiger partial charge is 0.489 e. The lowest BCUT2D eigenvalue weighted by molar-refractivity contribution is 0.306. The molecule has 2 N–H and O–H groups in total. The fourth-order valence-electron chi connectivity index (χ4n) is 3.07. The Morgan fingerprint density at radius 1 is 0.680 bits per heavy atom. The van der Waals surface area contributed by atoms with Gasteiger partial charge in [-0.1, -0.05) is 42.5 Å². The molecule has 4 rings (SSSR count). The Labute approximate surface area is 147 Å². The number of rotatable bonds is 6. The predicted molar refractivity (Wildman–Crippen MR) is 99.7 cm³/mol. The first-order valence-electron chi connectivity index (χ1n) is 8.43. The van der Waals surface area contributed by atoms with Gasteiger partial charge in [0.1, 0.15) is 12.4 Å². The summed E-state index contributed by atoms with van der Waals surface area (Å²) in [4.78, 5) is 6.67. The molecule has 0 radical (unpaired) electrons. The molecule has 0 bridgehead atoms. The molecule has 0 aliphatic carbocycles. The van der Waals surface area contributed by atoms with E-state index in [0.29, 0.717) is 6.61 Å². The van der Waals surface area contributed by atoms with E-state index < -0.39 is 0 Å². The summed E-state index contributed by atoms with van der Waals surface area (Å²) in [5.41, 5.74) is 4.72. The normalized spacial score (nSPS) is 10.9. The van der Waals surface area contributed by atoms with Crippen LogP contribution in [0.25, 0.3) is 0 Å². The molecule has 0 aliphatic heterocycles. The van der Waals surface area contributed by atoms with E-state index in [4.69, 9.17) is 4.74 Å². The highest BCUT2D eigenvalue weighted by Gasteiger charge is 2.18. The van der Waals surface area contributed by atoms with Crippen LogP contribution < -0.4 is 4.74 Å². The van der Waals surface area contributed by atoms with Gasteiger partial charge >= 0.3 is 0 Å². The molecule has 3 heteroatoms.